The molecule has 20 heavy (non-hydrogen) atoms. The van der Waals surface area contributed by atoms with Gasteiger partial charge in [-0.25, -0.2) is 14.4 Å². The van der Waals surface area contributed by atoms with Gasteiger partial charge in [-0.3, -0.25) is 0 Å². The number of hydrogen-bond acceptors (Lipinski definition) is 4. The minimum absolute atomic E-state index is 0.277. The number of nitrogens with zero attached hydrogens (tertiary/aromatic N) is 4. The third-order valence-electron chi connectivity index (χ3n) is 3.02. The summed E-state index contributed by atoms with van der Waals surface area (Å²) in [7, 11) is 1.77. The van der Waals surface area contributed by atoms with E-state index in [9.17, 15) is 4.39 Å². The molecule has 4 nitrogen and oxygen atoms in total. The van der Waals surface area contributed by atoms with Gasteiger partial charge in [0.2, 0.25) is 0 Å². The van der Waals surface area contributed by atoms with Gasteiger partial charge in [0.1, 0.15) is 6.33 Å². The van der Waals surface area contributed by atoms with Crippen LogP contribution in [0.2, 0.25) is 0 Å². The Bertz CT molecular complexity index is 649. The van der Waals surface area contributed by atoms with E-state index in [2.05, 4.69) is 16.0 Å². The molecule has 0 fully saturated rings. The van der Waals surface area contributed by atoms with Gasteiger partial charge in [-0.15, -0.1) is 0 Å². The van der Waals surface area contributed by atoms with Gasteiger partial charge in [0, 0.05) is 13.6 Å². The van der Waals surface area contributed by atoms with Crippen molar-refractivity contribution in [1.82, 2.24) is 9.97 Å². The maximum atomic E-state index is 14.2. The molecule has 1 aromatic heterocycles. The fourth-order valence-electron chi connectivity index (χ4n) is 2.00. The van der Waals surface area contributed by atoms with Gasteiger partial charge in [-0.1, -0.05) is 19.1 Å². The second-order valence-electron chi connectivity index (χ2n) is 4.48. The molecule has 0 saturated heterocycles. The summed E-state index contributed by atoms with van der Waals surface area (Å²) in [4.78, 5) is 9.63. The molecule has 0 atom stereocenters. The van der Waals surface area contributed by atoms with Gasteiger partial charge in [-0.2, -0.15) is 5.26 Å². The van der Waals surface area contributed by atoms with Crippen LogP contribution in [0.3, 0.4) is 0 Å². The maximum absolute atomic E-state index is 14.2. The molecule has 0 aliphatic rings. The van der Waals surface area contributed by atoms with Gasteiger partial charge in [0.25, 0.3) is 0 Å². The summed E-state index contributed by atoms with van der Waals surface area (Å²) in [5.41, 5.74) is 1.93. The molecule has 2 rings (SSSR count). The number of aromatic nitrogens is 2. The monoisotopic (exact) mass is 270 g/mol. The van der Waals surface area contributed by atoms with E-state index in [-0.39, 0.29) is 11.6 Å². The molecule has 0 bridgehead atoms. The van der Waals surface area contributed by atoms with E-state index in [0.29, 0.717) is 24.2 Å². The SMILES string of the molecule is CCc1ncnc(N(C)Cc2cccc(C#N)c2)c1F. The van der Waals surface area contributed by atoms with Gasteiger partial charge in [0.15, 0.2) is 11.6 Å². The van der Waals surface area contributed by atoms with Crippen LogP contribution in [0.4, 0.5) is 10.2 Å². The highest BCUT2D eigenvalue weighted by atomic mass is 19.1. The summed E-state index contributed by atoms with van der Waals surface area (Å²) in [6.45, 7) is 2.33. The van der Waals surface area contributed by atoms with Crippen LogP contribution in [0.5, 0.6) is 0 Å². The molecule has 0 radical (unpaired) electrons. The fourth-order valence-corrected chi connectivity index (χ4v) is 2.00. The summed E-state index contributed by atoms with van der Waals surface area (Å²) in [5.74, 6) is -0.104. The predicted molar refractivity (Wildman–Crippen MR) is 74.6 cm³/mol. The van der Waals surface area contributed by atoms with Crippen molar-refractivity contribution in [3.8, 4) is 6.07 Å². The zero-order chi connectivity index (χ0) is 14.5. The number of hydrogen-bond donors (Lipinski definition) is 0. The van der Waals surface area contributed by atoms with E-state index >= 15 is 0 Å². The first kappa shape index (κ1) is 13.9. The summed E-state index contributed by atoms with van der Waals surface area (Å²) in [6.07, 6.45) is 1.90. The molecule has 0 amide bonds. The lowest BCUT2D eigenvalue weighted by Gasteiger charge is -2.19. The second kappa shape index (κ2) is 6.11. The minimum atomic E-state index is -0.381. The van der Waals surface area contributed by atoms with Crippen LogP contribution in [0.25, 0.3) is 0 Å². The van der Waals surface area contributed by atoms with Crippen molar-refractivity contribution >= 4 is 5.82 Å². The first-order valence-corrected chi connectivity index (χ1v) is 6.35. The Labute approximate surface area is 117 Å². The third kappa shape index (κ3) is 2.91. The maximum Gasteiger partial charge on any atom is 0.187 e. The highest BCUT2D eigenvalue weighted by Gasteiger charge is 2.13. The van der Waals surface area contributed by atoms with Crippen molar-refractivity contribution in [3.05, 3.63) is 53.2 Å². The summed E-state index contributed by atoms with van der Waals surface area (Å²) in [6, 6.07) is 9.33. The van der Waals surface area contributed by atoms with Crippen molar-refractivity contribution in [2.75, 3.05) is 11.9 Å². The molecule has 0 spiro atoms. The zero-order valence-electron chi connectivity index (χ0n) is 11.5. The quantitative estimate of drug-likeness (QED) is 0.857. The van der Waals surface area contributed by atoms with Crippen molar-refractivity contribution < 1.29 is 4.39 Å². The minimum Gasteiger partial charge on any atom is -0.353 e. The number of benzene rings is 1. The lowest BCUT2D eigenvalue weighted by molar-refractivity contribution is 0.588. The predicted octanol–water partition coefficient (Wildman–Crippen LogP) is 2.69. The molecule has 0 unspecified atom stereocenters. The highest BCUT2D eigenvalue weighted by molar-refractivity contribution is 5.42. The zero-order valence-corrected chi connectivity index (χ0v) is 11.5. The second-order valence-corrected chi connectivity index (χ2v) is 4.48. The van der Waals surface area contributed by atoms with Crippen LogP contribution in [-0.2, 0) is 13.0 Å². The Morgan fingerprint density at radius 3 is 2.85 bits per heavy atom. The van der Waals surface area contributed by atoms with E-state index in [1.165, 1.54) is 6.33 Å². The highest BCUT2D eigenvalue weighted by Crippen LogP contribution is 2.19. The summed E-state index contributed by atoms with van der Waals surface area (Å²) < 4.78 is 14.2. The van der Waals surface area contributed by atoms with E-state index in [4.69, 9.17) is 5.26 Å². The Hall–Kier alpha value is -2.48. The van der Waals surface area contributed by atoms with E-state index < -0.39 is 0 Å². The molecule has 1 heterocycles. The molecule has 2 aromatic rings. The molecule has 1 aromatic carbocycles. The van der Waals surface area contributed by atoms with E-state index in [0.717, 1.165) is 5.56 Å². The molecule has 5 heteroatoms. The van der Waals surface area contributed by atoms with Crippen LogP contribution in [0, 0.1) is 17.1 Å². The summed E-state index contributed by atoms with van der Waals surface area (Å²) >= 11 is 0. The molecule has 0 aliphatic carbocycles. The molecule has 102 valence electrons. The Kier molecular flexibility index (Phi) is 4.26. The van der Waals surface area contributed by atoms with Crippen molar-refractivity contribution in [2.45, 2.75) is 19.9 Å². The van der Waals surface area contributed by atoms with Crippen LogP contribution < -0.4 is 4.90 Å². The first-order valence-electron chi connectivity index (χ1n) is 6.35. The lowest BCUT2D eigenvalue weighted by atomic mass is 10.1. The molecule has 0 saturated carbocycles. The number of rotatable bonds is 4. The van der Waals surface area contributed by atoms with E-state index in [1.807, 2.05) is 19.1 Å². The number of nitriles is 1. The van der Waals surface area contributed by atoms with Gasteiger partial charge in [0.05, 0.1) is 17.3 Å². The van der Waals surface area contributed by atoms with Gasteiger partial charge in [-0.05, 0) is 24.1 Å². The Morgan fingerprint density at radius 1 is 1.35 bits per heavy atom. The lowest BCUT2D eigenvalue weighted by Crippen LogP contribution is -2.20. The third-order valence-corrected chi connectivity index (χ3v) is 3.02. The van der Waals surface area contributed by atoms with Crippen molar-refractivity contribution in [2.24, 2.45) is 0 Å². The smallest absolute Gasteiger partial charge is 0.187 e. The largest absolute Gasteiger partial charge is 0.353 e. The molecule has 0 aliphatic heterocycles. The normalized spacial score (nSPS) is 10.1. The van der Waals surface area contributed by atoms with Crippen LogP contribution in [-0.4, -0.2) is 17.0 Å². The number of anilines is 1. The van der Waals surface area contributed by atoms with Crippen molar-refractivity contribution in [1.29, 1.82) is 5.26 Å². The standard InChI is InChI=1S/C15H15FN4/c1-3-13-14(16)15(19-10-18-13)20(2)9-12-6-4-5-11(7-12)8-17/h4-7,10H,3,9H2,1-2H3. The number of halogens is 1. The van der Waals surface area contributed by atoms with Crippen LogP contribution in [0.1, 0.15) is 23.7 Å². The van der Waals surface area contributed by atoms with Gasteiger partial charge >= 0.3 is 0 Å². The van der Waals surface area contributed by atoms with Gasteiger partial charge < -0.3 is 4.90 Å². The van der Waals surface area contributed by atoms with Crippen LogP contribution >= 0.6 is 0 Å². The summed E-state index contributed by atoms with van der Waals surface area (Å²) in [5, 5.41) is 8.88. The van der Waals surface area contributed by atoms with Crippen LogP contribution in [0.15, 0.2) is 30.6 Å². The number of aryl methyl sites for hydroxylation is 1. The molecular weight excluding hydrogens is 255 g/mol. The topological polar surface area (TPSA) is 52.8 Å². The Morgan fingerprint density at radius 2 is 2.15 bits per heavy atom. The average Bonchev–Trinajstić information content (AvgIpc) is 2.47. The molecular formula is C15H15FN4. The first-order chi connectivity index (χ1) is 9.65. The molecule has 0 N–H and O–H groups in total. The van der Waals surface area contributed by atoms with E-state index in [1.54, 1.807) is 24.1 Å². The Balaban J connectivity index is 2.24. The fraction of sp³-hybridized carbons (Fsp3) is 0.267. The average molecular weight is 270 g/mol. The van der Waals surface area contributed by atoms with Crippen molar-refractivity contribution in [3.63, 3.8) is 0 Å².